The van der Waals surface area contributed by atoms with Crippen LogP contribution in [0.1, 0.15) is 34.8 Å². The lowest BCUT2D eigenvalue weighted by Gasteiger charge is -2.32. The Labute approximate surface area is 225 Å². The smallest absolute Gasteiger partial charge is 0.252 e. The van der Waals surface area contributed by atoms with Crippen molar-refractivity contribution in [3.63, 3.8) is 0 Å². The number of anilines is 1. The summed E-state index contributed by atoms with van der Waals surface area (Å²) in [4.78, 5) is 21.4. The summed E-state index contributed by atoms with van der Waals surface area (Å²) in [7, 11) is 2.20. The number of nitrogens with zero attached hydrogens (tertiary/aromatic N) is 8. The van der Waals surface area contributed by atoms with Gasteiger partial charge < -0.3 is 9.80 Å². The second-order valence-corrected chi connectivity index (χ2v) is 11.1. The second kappa shape index (κ2) is 10.4. The zero-order chi connectivity index (χ0) is 26.2. The molecule has 0 saturated carbocycles. The molecule has 4 aromatic rings. The Morgan fingerprint density at radius 2 is 1.68 bits per heavy atom. The van der Waals surface area contributed by atoms with Gasteiger partial charge in [-0.15, -0.1) is 0 Å². The monoisotopic (exact) mass is 510 g/mol. The number of rotatable bonds is 6. The number of likely N-dealkylation sites (N-methyl/N-ethyl adjacent to an activating group) is 1. The Morgan fingerprint density at radius 3 is 2.42 bits per heavy atom. The van der Waals surface area contributed by atoms with E-state index in [1.807, 2.05) is 17.6 Å². The van der Waals surface area contributed by atoms with E-state index in [0.717, 1.165) is 75.1 Å². The van der Waals surface area contributed by atoms with Crippen molar-refractivity contribution in [2.24, 2.45) is 5.92 Å². The number of fused-ring (bicyclic) bond motifs is 1. The molecule has 2 fully saturated rings. The summed E-state index contributed by atoms with van der Waals surface area (Å²) >= 11 is 0. The maximum absolute atomic E-state index is 4.83. The molecule has 0 N–H and O–H groups in total. The third-order valence-electron chi connectivity index (χ3n) is 8.30. The molecular weight excluding hydrogens is 472 g/mol. The molecule has 0 spiro atoms. The lowest BCUT2D eigenvalue weighted by Crippen LogP contribution is -2.43. The summed E-state index contributed by atoms with van der Waals surface area (Å²) < 4.78 is 1.89. The van der Waals surface area contributed by atoms with Crippen molar-refractivity contribution in [1.29, 1.82) is 0 Å². The number of hydrogen-bond acceptors (Lipinski definition) is 7. The summed E-state index contributed by atoms with van der Waals surface area (Å²) in [5.41, 5.74) is 8.32. The van der Waals surface area contributed by atoms with Crippen molar-refractivity contribution < 1.29 is 0 Å². The first-order valence-corrected chi connectivity index (χ1v) is 13.8. The van der Waals surface area contributed by atoms with E-state index in [0.29, 0.717) is 11.7 Å². The Bertz CT molecular complexity index is 1400. The first-order chi connectivity index (χ1) is 18.4. The van der Waals surface area contributed by atoms with E-state index in [-0.39, 0.29) is 0 Å². The van der Waals surface area contributed by atoms with Crippen molar-refractivity contribution in [2.45, 2.75) is 40.2 Å². The maximum Gasteiger partial charge on any atom is 0.252 e. The third kappa shape index (κ3) is 5.15. The fraction of sp³-hybridized carbons (Fsp3) is 0.467. The van der Waals surface area contributed by atoms with Gasteiger partial charge in [0.25, 0.3) is 5.78 Å². The first kappa shape index (κ1) is 24.9. The topological polar surface area (TPSA) is 65.7 Å². The summed E-state index contributed by atoms with van der Waals surface area (Å²) in [6.45, 7) is 13.9. The fourth-order valence-corrected chi connectivity index (χ4v) is 5.92. The number of aromatic nitrogens is 5. The van der Waals surface area contributed by atoms with Gasteiger partial charge in [0.05, 0.1) is 17.6 Å². The average Bonchev–Trinajstić information content (AvgIpc) is 3.55. The molecule has 2 aliphatic rings. The van der Waals surface area contributed by atoms with E-state index < -0.39 is 0 Å². The number of aryl methyl sites for hydroxylation is 3. The lowest BCUT2D eigenvalue weighted by atomic mass is 9.96. The predicted molar refractivity (Wildman–Crippen MR) is 151 cm³/mol. The van der Waals surface area contributed by atoms with Gasteiger partial charge in [-0.25, -0.2) is 9.50 Å². The van der Waals surface area contributed by atoms with Crippen molar-refractivity contribution in [3.8, 4) is 11.3 Å². The highest BCUT2D eigenvalue weighted by atomic mass is 15.3. The van der Waals surface area contributed by atoms with Crippen LogP contribution in [0.2, 0.25) is 0 Å². The molecular formula is C30H38N8. The van der Waals surface area contributed by atoms with Crippen LogP contribution >= 0.6 is 0 Å². The van der Waals surface area contributed by atoms with E-state index >= 15 is 0 Å². The van der Waals surface area contributed by atoms with E-state index in [1.54, 1.807) is 0 Å². The second-order valence-electron chi connectivity index (χ2n) is 11.1. The SMILES string of the molecule is Cc1nc2nc(C)c(CC3CCN(c4ccc(-c5ccc(CN6CCN(C)CC6)cc5)nc4)C3)c(C)n2n1. The Balaban J connectivity index is 1.08. The van der Waals surface area contributed by atoms with Gasteiger partial charge in [0.1, 0.15) is 5.82 Å². The van der Waals surface area contributed by atoms with Crippen LogP contribution in [0, 0.1) is 26.7 Å². The van der Waals surface area contributed by atoms with Gasteiger partial charge in [0.15, 0.2) is 0 Å². The molecule has 198 valence electrons. The number of piperazine rings is 1. The lowest BCUT2D eigenvalue weighted by molar-refractivity contribution is 0.148. The molecule has 0 amide bonds. The highest BCUT2D eigenvalue weighted by Crippen LogP contribution is 2.29. The quantitative estimate of drug-likeness (QED) is 0.389. The molecule has 3 aromatic heterocycles. The summed E-state index contributed by atoms with van der Waals surface area (Å²) in [6.07, 6.45) is 4.23. The van der Waals surface area contributed by atoms with Crippen LogP contribution in [0.3, 0.4) is 0 Å². The van der Waals surface area contributed by atoms with E-state index in [2.05, 4.69) is 82.1 Å². The van der Waals surface area contributed by atoms with E-state index in [9.17, 15) is 0 Å². The average molecular weight is 511 g/mol. The van der Waals surface area contributed by atoms with Gasteiger partial charge in [-0.2, -0.15) is 10.1 Å². The molecule has 38 heavy (non-hydrogen) atoms. The number of hydrogen-bond donors (Lipinski definition) is 0. The van der Waals surface area contributed by atoms with Crippen LogP contribution in [0.4, 0.5) is 5.69 Å². The van der Waals surface area contributed by atoms with Crippen LogP contribution in [-0.2, 0) is 13.0 Å². The molecule has 8 heteroatoms. The molecule has 5 heterocycles. The standard InChI is InChI=1S/C30H38N8/c1-21-28(22(2)38-30(32-21)33-23(3)34-38)17-25-11-12-37(20-25)27-9-10-29(31-18-27)26-7-5-24(6-8-26)19-36-15-13-35(4)14-16-36/h5-10,18,25H,11-17,19-20H2,1-4H3. The largest absolute Gasteiger partial charge is 0.370 e. The zero-order valence-electron chi connectivity index (χ0n) is 23.1. The minimum Gasteiger partial charge on any atom is -0.370 e. The summed E-state index contributed by atoms with van der Waals surface area (Å²) in [5.74, 6) is 2.05. The maximum atomic E-state index is 4.83. The van der Waals surface area contributed by atoms with Gasteiger partial charge in [-0.1, -0.05) is 24.3 Å². The molecule has 1 unspecified atom stereocenters. The van der Waals surface area contributed by atoms with Gasteiger partial charge in [0, 0.05) is 62.8 Å². The van der Waals surface area contributed by atoms with E-state index in [4.69, 9.17) is 9.97 Å². The van der Waals surface area contributed by atoms with Crippen LogP contribution in [0.5, 0.6) is 0 Å². The molecule has 8 nitrogen and oxygen atoms in total. The number of pyridine rings is 1. The Morgan fingerprint density at radius 1 is 0.895 bits per heavy atom. The molecule has 1 atom stereocenters. The molecule has 0 bridgehead atoms. The van der Waals surface area contributed by atoms with Crippen LogP contribution in [-0.4, -0.2) is 80.7 Å². The fourth-order valence-electron chi connectivity index (χ4n) is 5.92. The minimum atomic E-state index is 0.587. The van der Waals surface area contributed by atoms with Gasteiger partial charge >= 0.3 is 0 Å². The molecule has 2 aliphatic heterocycles. The van der Waals surface area contributed by atoms with Gasteiger partial charge in [-0.3, -0.25) is 9.88 Å². The Hall–Kier alpha value is -3.36. The molecule has 0 aliphatic carbocycles. The summed E-state index contributed by atoms with van der Waals surface area (Å²) in [5, 5.41) is 4.54. The van der Waals surface area contributed by atoms with Gasteiger partial charge in [0.2, 0.25) is 0 Å². The first-order valence-electron chi connectivity index (χ1n) is 13.8. The normalized spacial score (nSPS) is 19.1. The predicted octanol–water partition coefficient (Wildman–Crippen LogP) is 3.93. The van der Waals surface area contributed by atoms with Crippen molar-refractivity contribution in [3.05, 3.63) is 70.9 Å². The molecule has 2 saturated heterocycles. The van der Waals surface area contributed by atoms with Gasteiger partial charge in [-0.05, 0) is 69.8 Å². The van der Waals surface area contributed by atoms with Crippen molar-refractivity contribution >= 4 is 11.5 Å². The van der Waals surface area contributed by atoms with E-state index in [1.165, 1.54) is 28.8 Å². The minimum absolute atomic E-state index is 0.587. The zero-order valence-corrected chi connectivity index (χ0v) is 23.1. The summed E-state index contributed by atoms with van der Waals surface area (Å²) in [6, 6.07) is 13.3. The third-order valence-corrected chi connectivity index (χ3v) is 8.30. The highest BCUT2D eigenvalue weighted by Gasteiger charge is 2.25. The van der Waals surface area contributed by atoms with Crippen LogP contribution < -0.4 is 4.90 Å². The van der Waals surface area contributed by atoms with Crippen molar-refractivity contribution in [1.82, 2.24) is 34.4 Å². The molecule has 0 radical (unpaired) electrons. The van der Waals surface area contributed by atoms with Crippen molar-refractivity contribution in [2.75, 3.05) is 51.2 Å². The van der Waals surface area contributed by atoms with Crippen LogP contribution in [0.15, 0.2) is 42.6 Å². The van der Waals surface area contributed by atoms with Crippen LogP contribution in [0.25, 0.3) is 17.0 Å². The number of benzene rings is 1. The molecule has 6 rings (SSSR count). The molecule has 1 aromatic carbocycles. The Kier molecular flexibility index (Phi) is 6.84. The highest BCUT2D eigenvalue weighted by molar-refractivity contribution is 5.62.